The molecule has 0 aliphatic carbocycles. The molecule has 1 amide bonds. The number of nitriles is 1. The Morgan fingerprint density at radius 2 is 1.97 bits per heavy atom. The Labute approximate surface area is 170 Å². The van der Waals surface area contributed by atoms with E-state index in [1.54, 1.807) is 30.3 Å². The second-order valence-electron chi connectivity index (χ2n) is 6.08. The molecular weight excluding hydrogens is 384 g/mol. The molecule has 0 saturated carbocycles. The Hall–Kier alpha value is -4.65. The molecule has 4 aromatic rings. The number of rotatable bonds is 4. The number of phenolic OH excluding ortho intramolecular Hbond substituents is 1. The fraction of sp³-hybridized carbons (Fsp3) is 0.0500. The van der Waals surface area contributed by atoms with Gasteiger partial charge >= 0.3 is 0 Å². The van der Waals surface area contributed by atoms with E-state index in [9.17, 15) is 15.2 Å². The number of aromatic hydroxyl groups is 1. The smallest absolute Gasteiger partial charge is 0.254 e. The van der Waals surface area contributed by atoms with Crippen LogP contribution in [0.15, 0.2) is 65.2 Å². The van der Waals surface area contributed by atoms with Gasteiger partial charge in [-0.1, -0.05) is 24.3 Å². The van der Waals surface area contributed by atoms with Crippen molar-refractivity contribution >= 4 is 28.2 Å². The van der Waals surface area contributed by atoms with Gasteiger partial charge < -0.3 is 10.4 Å². The average Bonchev–Trinajstić information content (AvgIpc) is 3.21. The van der Waals surface area contributed by atoms with E-state index in [1.807, 2.05) is 12.1 Å². The van der Waals surface area contributed by atoms with Gasteiger partial charge in [0.15, 0.2) is 11.6 Å². The van der Waals surface area contributed by atoms with Crippen molar-refractivity contribution in [2.75, 3.05) is 7.05 Å². The van der Waals surface area contributed by atoms with Crippen molar-refractivity contribution in [2.45, 2.75) is 0 Å². The molecule has 30 heavy (non-hydrogen) atoms. The SMILES string of the molecule is CNC(=O)c1cc2ccccc2c(N=Nc2c(C#N)cnn2-c2ncccn2)c1O. The summed E-state index contributed by atoms with van der Waals surface area (Å²) in [5.41, 5.74) is 0.306. The maximum absolute atomic E-state index is 12.2. The van der Waals surface area contributed by atoms with E-state index in [0.717, 1.165) is 0 Å². The first-order chi connectivity index (χ1) is 14.6. The number of hydrogen-bond donors (Lipinski definition) is 2. The van der Waals surface area contributed by atoms with Crippen LogP contribution in [-0.2, 0) is 0 Å². The highest BCUT2D eigenvalue weighted by atomic mass is 16.3. The van der Waals surface area contributed by atoms with Gasteiger partial charge in [-0.25, -0.2) is 9.97 Å². The van der Waals surface area contributed by atoms with Crippen molar-refractivity contribution in [1.29, 1.82) is 5.26 Å². The molecule has 10 nitrogen and oxygen atoms in total. The van der Waals surface area contributed by atoms with E-state index in [0.29, 0.717) is 10.8 Å². The van der Waals surface area contributed by atoms with Crippen LogP contribution in [0.3, 0.4) is 0 Å². The summed E-state index contributed by atoms with van der Waals surface area (Å²) in [7, 11) is 1.47. The number of nitrogens with zero attached hydrogens (tertiary/aromatic N) is 7. The van der Waals surface area contributed by atoms with Gasteiger partial charge in [0.25, 0.3) is 11.9 Å². The van der Waals surface area contributed by atoms with Crippen LogP contribution in [0.2, 0.25) is 0 Å². The average molecular weight is 398 g/mol. The fourth-order valence-electron chi connectivity index (χ4n) is 2.89. The number of amides is 1. The second kappa shape index (κ2) is 7.76. The first kappa shape index (κ1) is 18.7. The molecule has 10 heteroatoms. The molecule has 146 valence electrons. The van der Waals surface area contributed by atoms with Gasteiger partial charge in [0.05, 0.1) is 11.8 Å². The lowest BCUT2D eigenvalue weighted by molar-refractivity contribution is 0.0960. The summed E-state index contributed by atoms with van der Waals surface area (Å²) >= 11 is 0. The van der Waals surface area contributed by atoms with E-state index in [2.05, 4.69) is 30.6 Å². The van der Waals surface area contributed by atoms with Gasteiger partial charge in [-0.15, -0.1) is 10.2 Å². The molecule has 0 atom stereocenters. The monoisotopic (exact) mass is 398 g/mol. The van der Waals surface area contributed by atoms with Gasteiger partial charge in [0.2, 0.25) is 0 Å². The third-order valence-electron chi connectivity index (χ3n) is 4.32. The van der Waals surface area contributed by atoms with Crippen molar-refractivity contribution in [1.82, 2.24) is 25.1 Å². The zero-order valence-corrected chi connectivity index (χ0v) is 15.7. The number of carbonyl (C=O) groups excluding carboxylic acids is 1. The lowest BCUT2D eigenvalue weighted by atomic mass is 10.0. The molecule has 2 aromatic carbocycles. The largest absolute Gasteiger partial charge is 0.505 e. The Balaban J connectivity index is 1.90. The van der Waals surface area contributed by atoms with Crippen LogP contribution in [0.25, 0.3) is 16.7 Å². The summed E-state index contributed by atoms with van der Waals surface area (Å²) in [6, 6.07) is 12.3. The first-order valence-corrected chi connectivity index (χ1v) is 8.78. The summed E-state index contributed by atoms with van der Waals surface area (Å²) in [6.45, 7) is 0. The zero-order valence-electron chi connectivity index (χ0n) is 15.7. The molecule has 2 heterocycles. The van der Waals surface area contributed by atoms with Crippen LogP contribution in [0, 0.1) is 11.3 Å². The van der Waals surface area contributed by atoms with Crippen molar-refractivity contribution in [3.63, 3.8) is 0 Å². The Bertz CT molecular complexity index is 1320. The predicted molar refractivity (Wildman–Crippen MR) is 107 cm³/mol. The Kier molecular flexibility index (Phi) is 4.84. The molecule has 4 rings (SSSR count). The maximum Gasteiger partial charge on any atom is 0.254 e. The van der Waals surface area contributed by atoms with Crippen LogP contribution in [0.1, 0.15) is 15.9 Å². The van der Waals surface area contributed by atoms with E-state index in [-0.39, 0.29) is 34.3 Å². The standard InChI is InChI=1S/C20H14N8O2/c1-22-19(30)15-9-12-5-2-3-6-14(12)16(17(15)29)26-27-18-13(10-21)11-25-28(18)20-23-7-4-8-24-20/h2-9,11,29H,1H3,(H,22,30). The highest BCUT2D eigenvalue weighted by molar-refractivity contribution is 6.06. The van der Waals surface area contributed by atoms with Gasteiger partial charge in [0, 0.05) is 24.8 Å². The second-order valence-corrected chi connectivity index (χ2v) is 6.08. The Morgan fingerprint density at radius 3 is 2.70 bits per heavy atom. The third-order valence-corrected chi connectivity index (χ3v) is 4.32. The molecule has 2 aromatic heterocycles. The molecule has 0 aliphatic rings. The topological polar surface area (TPSA) is 141 Å². The number of fused-ring (bicyclic) bond motifs is 1. The summed E-state index contributed by atoms with van der Waals surface area (Å²) in [5.74, 6) is -0.480. The molecule has 0 aliphatic heterocycles. The van der Waals surface area contributed by atoms with Crippen LogP contribution >= 0.6 is 0 Å². The summed E-state index contributed by atoms with van der Waals surface area (Å²) in [6.07, 6.45) is 4.38. The number of phenols is 1. The maximum atomic E-state index is 12.2. The normalized spacial score (nSPS) is 10.9. The third kappa shape index (κ3) is 3.20. The van der Waals surface area contributed by atoms with Crippen LogP contribution < -0.4 is 5.32 Å². The zero-order chi connectivity index (χ0) is 21.1. The van der Waals surface area contributed by atoms with Crippen LogP contribution in [-0.4, -0.2) is 37.8 Å². The highest BCUT2D eigenvalue weighted by Crippen LogP contribution is 2.39. The lowest BCUT2D eigenvalue weighted by Crippen LogP contribution is -2.17. The predicted octanol–water partition coefficient (Wildman–Crippen LogP) is 3.17. The van der Waals surface area contributed by atoms with Crippen LogP contribution in [0.5, 0.6) is 5.75 Å². The van der Waals surface area contributed by atoms with E-state index < -0.39 is 5.91 Å². The van der Waals surface area contributed by atoms with E-state index >= 15 is 0 Å². The summed E-state index contributed by atoms with van der Waals surface area (Å²) in [4.78, 5) is 20.4. The number of hydrogen-bond acceptors (Lipinski definition) is 8. The fourth-order valence-corrected chi connectivity index (χ4v) is 2.89. The molecular formula is C20H14N8O2. The van der Waals surface area contributed by atoms with Crippen molar-refractivity contribution in [3.05, 3.63) is 66.1 Å². The molecule has 0 unspecified atom stereocenters. The molecule has 0 radical (unpaired) electrons. The Morgan fingerprint density at radius 1 is 1.20 bits per heavy atom. The van der Waals surface area contributed by atoms with E-state index in [1.165, 1.54) is 30.3 Å². The van der Waals surface area contributed by atoms with Crippen molar-refractivity contribution in [2.24, 2.45) is 10.2 Å². The minimum atomic E-state index is -0.463. The first-order valence-electron chi connectivity index (χ1n) is 8.78. The summed E-state index contributed by atoms with van der Waals surface area (Å²) < 4.78 is 1.27. The summed E-state index contributed by atoms with van der Waals surface area (Å²) in [5, 5.41) is 36.3. The van der Waals surface area contributed by atoms with Crippen molar-refractivity contribution in [3.8, 4) is 17.8 Å². The number of azo groups is 1. The van der Waals surface area contributed by atoms with Crippen LogP contribution in [0.4, 0.5) is 11.5 Å². The number of carbonyl (C=O) groups is 1. The van der Waals surface area contributed by atoms with Gasteiger partial charge in [0.1, 0.15) is 17.3 Å². The van der Waals surface area contributed by atoms with Crippen molar-refractivity contribution < 1.29 is 9.90 Å². The van der Waals surface area contributed by atoms with Gasteiger partial charge in [-0.3, -0.25) is 4.79 Å². The number of aromatic nitrogens is 4. The van der Waals surface area contributed by atoms with Gasteiger partial charge in [-0.2, -0.15) is 15.0 Å². The quantitative estimate of drug-likeness (QED) is 0.506. The lowest BCUT2D eigenvalue weighted by Gasteiger charge is -2.09. The molecule has 0 fully saturated rings. The molecule has 0 saturated heterocycles. The van der Waals surface area contributed by atoms with E-state index in [4.69, 9.17) is 0 Å². The molecule has 0 bridgehead atoms. The molecule has 0 spiro atoms. The molecule has 2 N–H and O–H groups in total. The minimum absolute atomic E-state index is 0.0607. The number of nitrogens with one attached hydrogen (secondary N) is 1. The highest BCUT2D eigenvalue weighted by Gasteiger charge is 2.19. The number of benzene rings is 2. The minimum Gasteiger partial charge on any atom is -0.505 e. The van der Waals surface area contributed by atoms with Gasteiger partial charge in [-0.05, 0) is 17.5 Å².